The number of benzene rings is 2. The number of aromatic nitrogens is 1. The van der Waals surface area contributed by atoms with E-state index in [0.717, 1.165) is 11.3 Å². The molecular formula is C18H17ClN2O2. The monoisotopic (exact) mass is 328 g/mol. The summed E-state index contributed by atoms with van der Waals surface area (Å²) >= 11 is 6.39. The molecule has 0 fully saturated rings. The van der Waals surface area contributed by atoms with Gasteiger partial charge in [-0.3, -0.25) is 4.79 Å². The summed E-state index contributed by atoms with van der Waals surface area (Å²) in [6, 6.07) is 13.7. The van der Waals surface area contributed by atoms with E-state index < -0.39 is 0 Å². The standard InChI is InChI=1S/C18H17ClN2O2/c1-11(2)15(22)10-12-8-9-14-17(16(12)19)23-18(21-14)20-13-6-4-3-5-7-13/h3-9,11H,10H2,1-2H3,(H,20,21). The molecule has 4 nitrogen and oxygen atoms in total. The smallest absolute Gasteiger partial charge is 0.300 e. The van der Waals surface area contributed by atoms with Gasteiger partial charge in [0, 0.05) is 18.0 Å². The van der Waals surface area contributed by atoms with Gasteiger partial charge in [-0.15, -0.1) is 0 Å². The molecule has 23 heavy (non-hydrogen) atoms. The first-order valence-electron chi connectivity index (χ1n) is 7.47. The summed E-state index contributed by atoms with van der Waals surface area (Å²) < 4.78 is 5.72. The van der Waals surface area contributed by atoms with Crippen molar-refractivity contribution in [3.8, 4) is 0 Å². The maximum absolute atomic E-state index is 11.9. The minimum absolute atomic E-state index is 0.0215. The highest BCUT2D eigenvalue weighted by Gasteiger charge is 2.16. The van der Waals surface area contributed by atoms with Crippen LogP contribution in [0.1, 0.15) is 19.4 Å². The van der Waals surface area contributed by atoms with Gasteiger partial charge in [-0.1, -0.05) is 49.7 Å². The SMILES string of the molecule is CC(C)C(=O)Cc1ccc2nc(Nc3ccccc3)oc2c1Cl. The van der Waals surface area contributed by atoms with E-state index in [2.05, 4.69) is 10.3 Å². The molecule has 0 amide bonds. The Morgan fingerprint density at radius 1 is 1.22 bits per heavy atom. The van der Waals surface area contributed by atoms with Gasteiger partial charge < -0.3 is 9.73 Å². The first-order valence-corrected chi connectivity index (χ1v) is 7.85. The molecule has 0 aliphatic heterocycles. The third kappa shape index (κ3) is 3.37. The van der Waals surface area contributed by atoms with Crippen LogP contribution in [0.2, 0.25) is 5.02 Å². The highest BCUT2D eigenvalue weighted by atomic mass is 35.5. The van der Waals surface area contributed by atoms with Crippen LogP contribution in [0, 0.1) is 5.92 Å². The molecule has 2 aromatic carbocycles. The number of nitrogens with one attached hydrogen (secondary N) is 1. The molecule has 0 spiro atoms. The molecule has 0 atom stereocenters. The van der Waals surface area contributed by atoms with Crippen LogP contribution in [0.15, 0.2) is 46.9 Å². The van der Waals surface area contributed by atoms with Gasteiger partial charge in [-0.2, -0.15) is 4.98 Å². The van der Waals surface area contributed by atoms with E-state index >= 15 is 0 Å². The average Bonchev–Trinajstić information content (AvgIpc) is 2.94. The summed E-state index contributed by atoms with van der Waals surface area (Å²) in [6.45, 7) is 3.76. The number of oxazole rings is 1. The van der Waals surface area contributed by atoms with Crippen LogP contribution in [0.4, 0.5) is 11.7 Å². The molecule has 1 aromatic heterocycles. The number of carbonyl (C=O) groups excluding carboxylic acids is 1. The maximum atomic E-state index is 11.9. The third-order valence-corrected chi connectivity index (χ3v) is 4.03. The number of carbonyl (C=O) groups is 1. The van der Waals surface area contributed by atoms with Crippen molar-refractivity contribution in [3.63, 3.8) is 0 Å². The van der Waals surface area contributed by atoms with Crippen molar-refractivity contribution in [2.24, 2.45) is 5.92 Å². The lowest BCUT2D eigenvalue weighted by molar-refractivity contribution is -0.121. The molecular weight excluding hydrogens is 312 g/mol. The highest BCUT2D eigenvalue weighted by molar-refractivity contribution is 6.35. The lowest BCUT2D eigenvalue weighted by Crippen LogP contribution is -2.10. The summed E-state index contributed by atoms with van der Waals surface area (Å²) in [5.74, 6) is 0.125. The Bertz CT molecular complexity index is 841. The Kier molecular flexibility index (Phi) is 4.35. The van der Waals surface area contributed by atoms with Crippen LogP contribution in [0.5, 0.6) is 0 Å². The number of rotatable bonds is 5. The van der Waals surface area contributed by atoms with Crippen molar-refractivity contribution in [2.45, 2.75) is 20.3 Å². The molecule has 0 aliphatic rings. The van der Waals surface area contributed by atoms with Crippen LogP contribution in [0.3, 0.4) is 0 Å². The molecule has 1 N–H and O–H groups in total. The molecule has 0 bridgehead atoms. The van der Waals surface area contributed by atoms with Crippen molar-refractivity contribution in [1.82, 2.24) is 4.98 Å². The van der Waals surface area contributed by atoms with E-state index in [-0.39, 0.29) is 11.7 Å². The van der Waals surface area contributed by atoms with Gasteiger partial charge in [-0.25, -0.2) is 0 Å². The Morgan fingerprint density at radius 3 is 2.65 bits per heavy atom. The lowest BCUT2D eigenvalue weighted by Gasteiger charge is -2.05. The zero-order valence-corrected chi connectivity index (χ0v) is 13.7. The van der Waals surface area contributed by atoms with Crippen molar-refractivity contribution in [3.05, 3.63) is 53.1 Å². The summed E-state index contributed by atoms with van der Waals surface area (Å²) in [7, 11) is 0. The maximum Gasteiger partial charge on any atom is 0.300 e. The van der Waals surface area contributed by atoms with E-state index in [1.807, 2.05) is 56.3 Å². The predicted octanol–water partition coefficient (Wildman–Crippen LogP) is 4.99. The Balaban J connectivity index is 1.91. The fourth-order valence-electron chi connectivity index (χ4n) is 2.23. The van der Waals surface area contributed by atoms with Crippen molar-refractivity contribution < 1.29 is 9.21 Å². The van der Waals surface area contributed by atoms with E-state index in [1.54, 1.807) is 0 Å². The molecule has 0 unspecified atom stereocenters. The topological polar surface area (TPSA) is 55.1 Å². The zero-order valence-electron chi connectivity index (χ0n) is 13.0. The quantitative estimate of drug-likeness (QED) is 0.716. The number of Topliss-reactive ketones (excluding diaryl/α,β-unsaturated/α-hetero) is 1. The van der Waals surface area contributed by atoms with Crippen molar-refractivity contribution >= 4 is 40.2 Å². The average molecular weight is 329 g/mol. The Hall–Kier alpha value is -2.33. The van der Waals surface area contributed by atoms with E-state index in [9.17, 15) is 4.79 Å². The first kappa shape index (κ1) is 15.6. The van der Waals surface area contributed by atoms with Crippen LogP contribution < -0.4 is 5.32 Å². The molecule has 3 aromatic rings. The van der Waals surface area contributed by atoms with Gasteiger partial charge in [-0.05, 0) is 23.8 Å². The highest BCUT2D eigenvalue weighted by Crippen LogP contribution is 2.31. The van der Waals surface area contributed by atoms with E-state index in [4.69, 9.17) is 16.0 Å². The number of hydrogen-bond acceptors (Lipinski definition) is 4. The number of nitrogens with zero attached hydrogens (tertiary/aromatic N) is 1. The fraction of sp³-hybridized carbons (Fsp3) is 0.222. The second kappa shape index (κ2) is 6.42. The number of fused-ring (bicyclic) bond motifs is 1. The molecule has 118 valence electrons. The molecule has 5 heteroatoms. The largest absolute Gasteiger partial charge is 0.422 e. The van der Waals surface area contributed by atoms with Crippen LogP contribution >= 0.6 is 11.6 Å². The van der Waals surface area contributed by atoms with Gasteiger partial charge in [0.05, 0.1) is 5.02 Å². The van der Waals surface area contributed by atoms with Gasteiger partial charge in [0.25, 0.3) is 6.01 Å². The molecule has 0 aliphatic carbocycles. The van der Waals surface area contributed by atoms with Gasteiger partial charge in [0.1, 0.15) is 11.3 Å². The second-order valence-corrected chi connectivity index (χ2v) is 6.07. The van der Waals surface area contributed by atoms with Gasteiger partial charge >= 0.3 is 0 Å². The minimum Gasteiger partial charge on any atom is -0.422 e. The molecule has 1 heterocycles. The molecule has 0 saturated heterocycles. The summed E-state index contributed by atoms with van der Waals surface area (Å²) in [6.07, 6.45) is 0.300. The number of hydrogen-bond donors (Lipinski definition) is 1. The Morgan fingerprint density at radius 2 is 1.96 bits per heavy atom. The van der Waals surface area contributed by atoms with Crippen LogP contribution in [-0.2, 0) is 11.2 Å². The number of anilines is 2. The van der Waals surface area contributed by atoms with Gasteiger partial charge in [0.2, 0.25) is 0 Å². The number of para-hydroxylation sites is 1. The molecule has 0 radical (unpaired) electrons. The summed E-state index contributed by atoms with van der Waals surface area (Å²) in [5, 5.41) is 3.54. The molecule has 3 rings (SSSR count). The first-order chi connectivity index (χ1) is 11.0. The predicted molar refractivity (Wildman–Crippen MR) is 92.3 cm³/mol. The molecule has 0 saturated carbocycles. The zero-order chi connectivity index (χ0) is 16.4. The number of halogens is 1. The normalized spacial score (nSPS) is 11.1. The lowest BCUT2D eigenvalue weighted by atomic mass is 10.0. The van der Waals surface area contributed by atoms with Crippen LogP contribution in [0.25, 0.3) is 11.1 Å². The van der Waals surface area contributed by atoms with Crippen molar-refractivity contribution in [2.75, 3.05) is 5.32 Å². The minimum atomic E-state index is -0.0215. The second-order valence-electron chi connectivity index (χ2n) is 5.69. The summed E-state index contributed by atoms with van der Waals surface area (Å²) in [5.41, 5.74) is 2.80. The fourth-order valence-corrected chi connectivity index (χ4v) is 2.49. The van der Waals surface area contributed by atoms with Crippen LogP contribution in [-0.4, -0.2) is 10.8 Å². The van der Waals surface area contributed by atoms with E-state index in [1.165, 1.54) is 0 Å². The summed E-state index contributed by atoms with van der Waals surface area (Å²) in [4.78, 5) is 16.3. The Labute approximate surface area is 139 Å². The van der Waals surface area contributed by atoms with Gasteiger partial charge in [0.15, 0.2) is 5.58 Å². The number of ketones is 1. The van der Waals surface area contributed by atoms with Crippen molar-refractivity contribution in [1.29, 1.82) is 0 Å². The third-order valence-electron chi connectivity index (χ3n) is 3.61. The van der Waals surface area contributed by atoms with E-state index in [0.29, 0.717) is 28.6 Å².